The van der Waals surface area contributed by atoms with Crippen molar-refractivity contribution in [3.8, 4) is 0 Å². The highest BCUT2D eigenvalue weighted by Gasteiger charge is 2.09. The first kappa shape index (κ1) is 8.49. The minimum Gasteiger partial charge on any atom is -0.335 e. The van der Waals surface area contributed by atoms with E-state index in [0.717, 1.165) is 0 Å². The number of aromatic amines is 2. The van der Waals surface area contributed by atoms with Gasteiger partial charge in [-0.2, -0.15) is 10.1 Å². The van der Waals surface area contributed by atoms with Gasteiger partial charge in [0.1, 0.15) is 11.3 Å². The number of fused-ring (bicyclic) bond motifs is 3. The van der Waals surface area contributed by atoms with Crippen LogP contribution in [0.4, 0.5) is 4.39 Å². The number of nitrogens with one attached hydrogen (secondary N) is 2. The van der Waals surface area contributed by atoms with Gasteiger partial charge in [0.2, 0.25) is 4.77 Å². The molecule has 0 saturated heterocycles. The van der Waals surface area contributed by atoms with Crippen molar-refractivity contribution in [1.29, 1.82) is 0 Å². The standard InChI is InChI=1S/C9H5FN4S/c10-5-3-1-2-4-6(5)11-8-7(4)13-14-9(15)12-8/h1-3H,(H2,11,12,14,15). The number of nitrogens with zero attached hydrogens (tertiary/aromatic N) is 2. The summed E-state index contributed by atoms with van der Waals surface area (Å²) >= 11 is 4.83. The van der Waals surface area contributed by atoms with Gasteiger partial charge in [-0.3, -0.25) is 5.10 Å². The van der Waals surface area contributed by atoms with E-state index in [0.29, 0.717) is 22.1 Å². The zero-order valence-corrected chi connectivity index (χ0v) is 8.23. The second-order valence-corrected chi connectivity index (χ2v) is 3.51. The number of hydrogen-bond acceptors (Lipinski definition) is 3. The zero-order valence-electron chi connectivity index (χ0n) is 7.41. The van der Waals surface area contributed by atoms with Crippen molar-refractivity contribution in [2.24, 2.45) is 0 Å². The van der Waals surface area contributed by atoms with Crippen molar-refractivity contribution in [2.75, 3.05) is 0 Å². The first-order chi connectivity index (χ1) is 7.25. The highest BCUT2D eigenvalue weighted by atomic mass is 32.1. The third kappa shape index (κ3) is 1.15. The molecule has 2 N–H and O–H groups in total. The van der Waals surface area contributed by atoms with E-state index >= 15 is 0 Å². The molecule has 6 heteroatoms. The van der Waals surface area contributed by atoms with Crippen molar-refractivity contribution >= 4 is 34.3 Å². The molecule has 2 aromatic heterocycles. The lowest BCUT2D eigenvalue weighted by molar-refractivity contribution is 0.637. The Labute approximate surface area is 88.2 Å². The molecule has 4 nitrogen and oxygen atoms in total. The van der Waals surface area contributed by atoms with Crippen molar-refractivity contribution in [1.82, 2.24) is 20.2 Å². The average Bonchev–Trinajstić information content (AvgIpc) is 2.57. The number of benzene rings is 1. The zero-order chi connectivity index (χ0) is 10.4. The summed E-state index contributed by atoms with van der Waals surface area (Å²) < 4.78 is 13.7. The van der Waals surface area contributed by atoms with Gasteiger partial charge < -0.3 is 4.98 Å². The Hall–Kier alpha value is -1.82. The first-order valence-electron chi connectivity index (χ1n) is 4.28. The number of H-pyrrole nitrogens is 2. The molecule has 74 valence electrons. The van der Waals surface area contributed by atoms with Gasteiger partial charge in [0, 0.05) is 5.39 Å². The van der Waals surface area contributed by atoms with E-state index in [4.69, 9.17) is 12.2 Å². The lowest BCUT2D eigenvalue weighted by Gasteiger charge is -1.89. The molecule has 0 unspecified atom stereocenters. The van der Waals surface area contributed by atoms with E-state index in [1.54, 1.807) is 12.1 Å². The largest absolute Gasteiger partial charge is 0.335 e. The molecule has 0 aliphatic rings. The van der Waals surface area contributed by atoms with Gasteiger partial charge in [0.25, 0.3) is 0 Å². The quantitative estimate of drug-likeness (QED) is 0.571. The predicted molar refractivity (Wildman–Crippen MR) is 56.5 cm³/mol. The molecule has 0 atom stereocenters. The van der Waals surface area contributed by atoms with Gasteiger partial charge in [-0.05, 0) is 18.3 Å². The summed E-state index contributed by atoms with van der Waals surface area (Å²) in [4.78, 5) is 6.88. The van der Waals surface area contributed by atoms with Crippen molar-refractivity contribution in [2.45, 2.75) is 0 Å². The molecule has 0 fully saturated rings. The minimum absolute atomic E-state index is 0.273. The van der Waals surface area contributed by atoms with Crippen molar-refractivity contribution in [3.63, 3.8) is 0 Å². The van der Waals surface area contributed by atoms with Crippen LogP contribution in [0.3, 0.4) is 0 Å². The van der Waals surface area contributed by atoms with Gasteiger partial charge in [-0.1, -0.05) is 12.1 Å². The first-order valence-corrected chi connectivity index (χ1v) is 4.69. The third-order valence-electron chi connectivity index (χ3n) is 2.21. The van der Waals surface area contributed by atoms with Gasteiger partial charge in [0.15, 0.2) is 5.65 Å². The lowest BCUT2D eigenvalue weighted by atomic mass is 10.2. The second-order valence-electron chi connectivity index (χ2n) is 3.13. The van der Waals surface area contributed by atoms with E-state index in [-0.39, 0.29) is 10.6 Å². The van der Waals surface area contributed by atoms with Crippen LogP contribution in [-0.2, 0) is 0 Å². The van der Waals surface area contributed by atoms with Crippen LogP contribution in [0.1, 0.15) is 0 Å². The molecule has 3 rings (SSSR count). The number of rotatable bonds is 0. The van der Waals surface area contributed by atoms with Crippen molar-refractivity contribution < 1.29 is 4.39 Å². The fraction of sp³-hybridized carbons (Fsp3) is 0. The Morgan fingerprint density at radius 1 is 1.33 bits per heavy atom. The van der Waals surface area contributed by atoms with Crippen LogP contribution in [-0.4, -0.2) is 20.2 Å². The lowest BCUT2D eigenvalue weighted by Crippen LogP contribution is -1.86. The number of aromatic nitrogens is 4. The number of hydrogen-bond donors (Lipinski definition) is 2. The van der Waals surface area contributed by atoms with Crippen LogP contribution in [0.15, 0.2) is 18.2 Å². The molecule has 1 aromatic carbocycles. The summed E-state index contributed by atoms with van der Waals surface area (Å²) in [5.74, 6) is -0.321. The van der Waals surface area contributed by atoms with Crippen LogP contribution >= 0.6 is 12.2 Å². The molecule has 0 radical (unpaired) electrons. The summed E-state index contributed by atoms with van der Waals surface area (Å²) in [5, 5.41) is 7.30. The molecule has 0 aliphatic carbocycles. The topological polar surface area (TPSA) is 57.4 Å². The molecule has 0 saturated carbocycles. The van der Waals surface area contributed by atoms with Gasteiger partial charge >= 0.3 is 0 Å². The maximum atomic E-state index is 13.4. The summed E-state index contributed by atoms with van der Waals surface area (Å²) in [6.45, 7) is 0. The van der Waals surface area contributed by atoms with Crippen molar-refractivity contribution in [3.05, 3.63) is 28.8 Å². The predicted octanol–water partition coefficient (Wildman–Crippen LogP) is 2.31. The van der Waals surface area contributed by atoms with Crippen LogP contribution in [0.25, 0.3) is 22.1 Å². The summed E-state index contributed by atoms with van der Waals surface area (Å²) in [7, 11) is 0. The van der Waals surface area contributed by atoms with E-state index < -0.39 is 0 Å². The van der Waals surface area contributed by atoms with Gasteiger partial charge in [-0.25, -0.2) is 4.39 Å². The Morgan fingerprint density at radius 2 is 2.20 bits per heavy atom. The highest BCUT2D eigenvalue weighted by molar-refractivity contribution is 7.71. The summed E-state index contributed by atoms with van der Waals surface area (Å²) in [5.41, 5.74) is 1.50. The third-order valence-corrected chi connectivity index (χ3v) is 2.40. The van der Waals surface area contributed by atoms with E-state index in [1.165, 1.54) is 6.07 Å². The van der Waals surface area contributed by atoms with Crippen LogP contribution in [0, 0.1) is 10.6 Å². The maximum Gasteiger partial charge on any atom is 0.215 e. The molecule has 0 bridgehead atoms. The fourth-order valence-corrected chi connectivity index (χ4v) is 1.71. The minimum atomic E-state index is -0.321. The smallest absolute Gasteiger partial charge is 0.215 e. The number of halogens is 1. The molecule has 0 aliphatic heterocycles. The number of para-hydroxylation sites is 1. The van der Waals surface area contributed by atoms with Gasteiger partial charge in [0.05, 0.1) is 5.52 Å². The Morgan fingerprint density at radius 3 is 3.07 bits per heavy atom. The Bertz CT molecular complexity index is 715. The average molecular weight is 220 g/mol. The molecule has 15 heavy (non-hydrogen) atoms. The van der Waals surface area contributed by atoms with Crippen LogP contribution in [0.2, 0.25) is 0 Å². The monoisotopic (exact) mass is 220 g/mol. The molecule has 3 aromatic rings. The molecular weight excluding hydrogens is 215 g/mol. The molecule has 2 heterocycles. The SMILES string of the molecule is Fc1cccc2c1[nH]c1nc(=S)[nH]nc12. The highest BCUT2D eigenvalue weighted by Crippen LogP contribution is 2.23. The Balaban J connectivity index is 2.63. The van der Waals surface area contributed by atoms with E-state index in [9.17, 15) is 4.39 Å². The molecule has 0 spiro atoms. The van der Waals surface area contributed by atoms with Crippen LogP contribution < -0.4 is 0 Å². The normalized spacial score (nSPS) is 11.3. The summed E-state index contributed by atoms with van der Waals surface area (Å²) in [6, 6.07) is 4.80. The maximum absolute atomic E-state index is 13.4. The van der Waals surface area contributed by atoms with E-state index in [1.807, 2.05) is 0 Å². The van der Waals surface area contributed by atoms with Crippen LogP contribution in [0.5, 0.6) is 0 Å². The molecular formula is C9H5FN4S. The molecule has 0 amide bonds. The second kappa shape index (κ2) is 2.83. The summed E-state index contributed by atoms with van der Waals surface area (Å²) in [6.07, 6.45) is 0. The Kier molecular flexibility index (Phi) is 1.60. The van der Waals surface area contributed by atoms with E-state index in [2.05, 4.69) is 20.2 Å². The fourth-order valence-electron chi connectivity index (χ4n) is 1.58. The van der Waals surface area contributed by atoms with Gasteiger partial charge in [-0.15, -0.1) is 0 Å².